The predicted octanol–water partition coefficient (Wildman–Crippen LogP) is 5.30. The van der Waals surface area contributed by atoms with Crippen molar-refractivity contribution in [2.75, 3.05) is 30.8 Å². The van der Waals surface area contributed by atoms with E-state index in [1.165, 1.54) is 31.6 Å². The lowest BCUT2D eigenvalue weighted by Crippen LogP contribution is -2.21. The number of ether oxygens (including phenoxy) is 1. The minimum absolute atomic E-state index is 0.0754. The molecule has 0 bridgehead atoms. The Labute approximate surface area is 241 Å². The fourth-order valence-electron chi connectivity index (χ4n) is 5.51. The number of nitrogen functional groups attached to an aromatic ring is 1. The maximum Gasteiger partial charge on any atom is 0.167 e. The highest BCUT2D eigenvalue weighted by molar-refractivity contribution is 5.99. The van der Waals surface area contributed by atoms with Crippen molar-refractivity contribution in [1.82, 2.24) is 19.7 Å². The third-order valence-corrected chi connectivity index (χ3v) is 7.75. The van der Waals surface area contributed by atoms with Crippen molar-refractivity contribution in [3.63, 3.8) is 0 Å². The van der Waals surface area contributed by atoms with Crippen LogP contribution in [-0.2, 0) is 6.42 Å². The van der Waals surface area contributed by atoms with Crippen molar-refractivity contribution in [2.24, 2.45) is 0 Å². The van der Waals surface area contributed by atoms with Crippen LogP contribution in [0, 0.1) is 5.82 Å². The van der Waals surface area contributed by atoms with Crippen molar-refractivity contribution < 1.29 is 18.7 Å². The van der Waals surface area contributed by atoms with E-state index in [9.17, 15) is 14.0 Å². The van der Waals surface area contributed by atoms with E-state index in [0.29, 0.717) is 40.3 Å². The summed E-state index contributed by atoms with van der Waals surface area (Å²) < 4.78 is 20.9. The molecule has 0 radical (unpaired) electrons. The highest BCUT2D eigenvalue weighted by Gasteiger charge is 2.29. The Balaban J connectivity index is 1.22. The van der Waals surface area contributed by atoms with Gasteiger partial charge in [-0.2, -0.15) is 5.10 Å². The van der Waals surface area contributed by atoms with Crippen molar-refractivity contribution in [3.8, 4) is 17.0 Å². The summed E-state index contributed by atoms with van der Waals surface area (Å²) in [6, 6.07) is 19.4. The van der Waals surface area contributed by atoms with Gasteiger partial charge in [-0.05, 0) is 60.9 Å². The SMILES string of the molecule is COc1ccc(F)cc1C(=O)CCc1ccc(-c2nn(C3CCN(c4ccc(C=O)cc4)C3)c3ncnc(N)c23)cc1. The summed E-state index contributed by atoms with van der Waals surface area (Å²) in [6.45, 7) is 1.58. The van der Waals surface area contributed by atoms with Gasteiger partial charge in [0.15, 0.2) is 11.4 Å². The van der Waals surface area contributed by atoms with Crippen LogP contribution in [0.3, 0.4) is 0 Å². The number of halogens is 1. The van der Waals surface area contributed by atoms with E-state index in [4.69, 9.17) is 15.6 Å². The van der Waals surface area contributed by atoms with Crippen LogP contribution in [0.15, 0.2) is 73.1 Å². The van der Waals surface area contributed by atoms with Crippen LogP contribution in [0.4, 0.5) is 15.9 Å². The van der Waals surface area contributed by atoms with Gasteiger partial charge in [-0.25, -0.2) is 19.0 Å². The number of methoxy groups -OCH3 is 1. The number of nitrogens with two attached hydrogens (primary N) is 1. The molecule has 3 aromatic carbocycles. The molecule has 0 aliphatic carbocycles. The maximum absolute atomic E-state index is 13.7. The molecule has 0 saturated carbocycles. The molecule has 5 aromatic rings. The summed E-state index contributed by atoms with van der Waals surface area (Å²) >= 11 is 0. The van der Waals surface area contributed by atoms with Gasteiger partial charge in [0.05, 0.1) is 24.1 Å². The number of carbonyl (C=O) groups excluding carboxylic acids is 2. The molecule has 1 fully saturated rings. The Kier molecular flexibility index (Phi) is 7.35. The van der Waals surface area contributed by atoms with Gasteiger partial charge < -0.3 is 15.4 Å². The Bertz CT molecular complexity index is 1770. The molecule has 10 heteroatoms. The monoisotopic (exact) mass is 564 g/mol. The number of benzene rings is 3. The van der Waals surface area contributed by atoms with Crippen LogP contribution in [0.2, 0.25) is 0 Å². The molecular formula is C32H29FN6O3. The lowest BCUT2D eigenvalue weighted by Gasteiger charge is -2.19. The third-order valence-electron chi connectivity index (χ3n) is 7.75. The van der Waals surface area contributed by atoms with E-state index in [2.05, 4.69) is 14.9 Å². The van der Waals surface area contributed by atoms with Crippen LogP contribution in [0.1, 0.15) is 45.2 Å². The summed E-state index contributed by atoms with van der Waals surface area (Å²) in [5.41, 5.74) is 11.5. The van der Waals surface area contributed by atoms with Crippen molar-refractivity contribution in [3.05, 3.63) is 95.6 Å². The molecular weight excluding hydrogens is 535 g/mol. The Morgan fingerprint density at radius 1 is 1.10 bits per heavy atom. The number of nitrogens with zero attached hydrogens (tertiary/aromatic N) is 5. The zero-order chi connectivity index (χ0) is 29.2. The fourth-order valence-corrected chi connectivity index (χ4v) is 5.51. The third kappa shape index (κ3) is 5.18. The average molecular weight is 565 g/mol. The molecule has 0 spiro atoms. The first-order chi connectivity index (χ1) is 20.4. The number of aromatic nitrogens is 4. The summed E-state index contributed by atoms with van der Waals surface area (Å²) in [5, 5.41) is 5.69. The first-order valence-electron chi connectivity index (χ1n) is 13.7. The summed E-state index contributed by atoms with van der Waals surface area (Å²) in [4.78, 5) is 34.9. The molecule has 1 unspecified atom stereocenters. The largest absolute Gasteiger partial charge is 0.496 e. The van der Waals surface area contributed by atoms with Crippen LogP contribution in [-0.4, -0.2) is 52.0 Å². The molecule has 2 aromatic heterocycles. The number of aldehydes is 1. The van der Waals surface area contributed by atoms with Gasteiger partial charge in [0.2, 0.25) is 0 Å². The van der Waals surface area contributed by atoms with Crippen molar-refractivity contribution >= 4 is 34.6 Å². The quantitative estimate of drug-likeness (QED) is 0.189. The number of hydrogen-bond acceptors (Lipinski definition) is 8. The van der Waals surface area contributed by atoms with Gasteiger partial charge in [-0.3, -0.25) is 9.59 Å². The number of rotatable bonds is 9. The molecule has 0 amide bonds. The second-order valence-corrected chi connectivity index (χ2v) is 10.3. The number of aryl methyl sites for hydroxylation is 1. The van der Waals surface area contributed by atoms with Crippen LogP contribution in [0.5, 0.6) is 5.75 Å². The lowest BCUT2D eigenvalue weighted by atomic mass is 10.00. The number of Topliss-reactive ketones (excluding diaryl/α,β-unsaturated/α-hetero) is 1. The van der Waals surface area contributed by atoms with Crippen LogP contribution < -0.4 is 15.4 Å². The highest BCUT2D eigenvalue weighted by atomic mass is 19.1. The molecule has 1 saturated heterocycles. The molecule has 1 atom stereocenters. The number of fused-ring (bicyclic) bond motifs is 1. The smallest absolute Gasteiger partial charge is 0.167 e. The van der Waals surface area contributed by atoms with Gasteiger partial charge in [0.25, 0.3) is 0 Å². The fraction of sp³-hybridized carbons (Fsp3) is 0.219. The van der Waals surface area contributed by atoms with E-state index in [0.717, 1.165) is 42.6 Å². The minimum atomic E-state index is -0.475. The minimum Gasteiger partial charge on any atom is -0.496 e. The molecule has 1 aliphatic heterocycles. The van der Waals surface area contributed by atoms with E-state index < -0.39 is 5.82 Å². The highest BCUT2D eigenvalue weighted by Crippen LogP contribution is 2.35. The molecule has 9 nitrogen and oxygen atoms in total. The van der Waals surface area contributed by atoms with E-state index in [1.807, 2.05) is 53.2 Å². The van der Waals surface area contributed by atoms with Crippen LogP contribution >= 0.6 is 0 Å². The normalized spacial score (nSPS) is 14.8. The van der Waals surface area contributed by atoms with Gasteiger partial charge in [0.1, 0.15) is 35.7 Å². The van der Waals surface area contributed by atoms with Gasteiger partial charge in [-0.1, -0.05) is 24.3 Å². The van der Waals surface area contributed by atoms with Crippen molar-refractivity contribution in [1.29, 1.82) is 0 Å². The summed E-state index contributed by atoms with van der Waals surface area (Å²) in [6.07, 6.45) is 3.88. The first kappa shape index (κ1) is 27.1. The number of carbonyl (C=O) groups is 2. The molecule has 2 N–H and O–H groups in total. The summed E-state index contributed by atoms with van der Waals surface area (Å²) in [5.74, 6) is 0.0619. The summed E-state index contributed by atoms with van der Waals surface area (Å²) in [7, 11) is 1.46. The lowest BCUT2D eigenvalue weighted by molar-refractivity contribution is 0.0979. The molecule has 3 heterocycles. The Hall–Kier alpha value is -5.12. The van der Waals surface area contributed by atoms with E-state index in [1.54, 1.807) is 0 Å². The number of ketones is 1. The molecule has 42 heavy (non-hydrogen) atoms. The van der Waals surface area contributed by atoms with Gasteiger partial charge in [-0.15, -0.1) is 0 Å². The molecule has 1 aliphatic rings. The Morgan fingerprint density at radius 2 is 1.88 bits per heavy atom. The molecule has 212 valence electrons. The first-order valence-corrected chi connectivity index (χ1v) is 13.7. The second-order valence-electron chi connectivity index (χ2n) is 10.3. The molecule has 6 rings (SSSR count). The standard InChI is InChI=1S/C32H29FN6O3/c1-42-28-13-9-23(33)16-26(28)27(41)12-6-20-2-7-22(8-3-20)30-29-31(34)35-19-36-32(29)39(37-30)25-14-15-38(17-25)24-10-4-21(18-40)5-11-24/h2-5,7-11,13,16,18-19,25H,6,12,14-15,17H2,1H3,(H2,34,35,36). The van der Waals surface area contributed by atoms with Gasteiger partial charge >= 0.3 is 0 Å². The van der Waals surface area contributed by atoms with Gasteiger partial charge in [0, 0.05) is 36.3 Å². The van der Waals surface area contributed by atoms with Crippen molar-refractivity contribution in [2.45, 2.75) is 25.3 Å². The average Bonchev–Trinajstić information content (AvgIpc) is 3.66. The second kappa shape index (κ2) is 11.4. The predicted molar refractivity (Wildman–Crippen MR) is 158 cm³/mol. The van der Waals surface area contributed by atoms with E-state index in [-0.39, 0.29) is 23.8 Å². The maximum atomic E-state index is 13.7. The topological polar surface area (TPSA) is 116 Å². The Morgan fingerprint density at radius 3 is 2.62 bits per heavy atom. The van der Waals surface area contributed by atoms with E-state index >= 15 is 0 Å². The number of hydrogen-bond donors (Lipinski definition) is 1. The number of anilines is 2. The zero-order valence-corrected chi connectivity index (χ0v) is 23.0. The van der Waals surface area contributed by atoms with Crippen LogP contribution in [0.25, 0.3) is 22.3 Å². The zero-order valence-electron chi connectivity index (χ0n) is 23.0.